The molecule has 2 aromatic carbocycles. The van der Waals surface area contributed by atoms with Crippen molar-refractivity contribution in [2.24, 2.45) is 0 Å². The molecule has 0 radical (unpaired) electrons. The van der Waals surface area contributed by atoms with E-state index in [-0.39, 0.29) is 18.7 Å². The zero-order valence-corrected chi connectivity index (χ0v) is 18.7. The van der Waals surface area contributed by atoms with Crippen molar-refractivity contribution in [3.8, 4) is 0 Å². The van der Waals surface area contributed by atoms with E-state index in [0.29, 0.717) is 24.6 Å². The molecule has 2 heterocycles. The molecule has 1 aliphatic rings. The van der Waals surface area contributed by atoms with Crippen LogP contribution in [0.1, 0.15) is 29.5 Å². The van der Waals surface area contributed by atoms with Gasteiger partial charge in [-0.05, 0) is 61.0 Å². The summed E-state index contributed by atoms with van der Waals surface area (Å²) in [6.07, 6.45) is -3.69. The lowest BCUT2D eigenvalue weighted by atomic mass is 10.1. The molecule has 6 nitrogen and oxygen atoms in total. The Labute approximate surface area is 189 Å². The summed E-state index contributed by atoms with van der Waals surface area (Å²) in [5.74, 6) is 0. The summed E-state index contributed by atoms with van der Waals surface area (Å²) in [5.41, 5.74) is 0.261. The Kier molecular flexibility index (Phi) is 6.35. The number of nitrogens with zero attached hydrogens (tertiary/aromatic N) is 1. The predicted octanol–water partition coefficient (Wildman–Crippen LogP) is 4.23. The molecular formula is C23H23F3N2O4S. The quantitative estimate of drug-likeness (QED) is 0.573. The zero-order chi connectivity index (χ0) is 23.8. The van der Waals surface area contributed by atoms with Gasteiger partial charge in [0.25, 0.3) is 5.56 Å². The van der Waals surface area contributed by atoms with Gasteiger partial charge in [0, 0.05) is 30.8 Å². The lowest BCUT2D eigenvalue weighted by Gasteiger charge is -2.25. The Bertz CT molecular complexity index is 1330. The number of H-pyrrole nitrogens is 1. The number of ether oxygens (including phenoxy) is 1. The number of fused-ring (bicyclic) bond motifs is 1. The van der Waals surface area contributed by atoms with Gasteiger partial charge < -0.3 is 9.72 Å². The topological polar surface area (TPSA) is 79.5 Å². The van der Waals surface area contributed by atoms with Crippen LogP contribution in [0.25, 0.3) is 10.9 Å². The predicted molar refractivity (Wildman–Crippen MR) is 117 cm³/mol. The number of sulfonamides is 1. The molecule has 0 bridgehead atoms. The second-order valence-corrected chi connectivity index (χ2v) is 10.1. The van der Waals surface area contributed by atoms with Gasteiger partial charge in [-0.3, -0.25) is 4.79 Å². The molecule has 0 amide bonds. The Hall–Kier alpha value is -2.69. The van der Waals surface area contributed by atoms with E-state index in [4.69, 9.17) is 4.74 Å². The van der Waals surface area contributed by atoms with Crippen LogP contribution >= 0.6 is 0 Å². The minimum absolute atomic E-state index is 0.0655. The van der Waals surface area contributed by atoms with E-state index >= 15 is 0 Å². The van der Waals surface area contributed by atoms with Crippen LogP contribution < -0.4 is 5.56 Å². The average Bonchev–Trinajstić information content (AvgIpc) is 3.26. The first-order chi connectivity index (χ1) is 15.5. The normalized spacial score (nSPS) is 17.2. The van der Waals surface area contributed by atoms with Gasteiger partial charge in [-0.1, -0.05) is 18.2 Å². The molecule has 0 aliphatic carbocycles. The highest BCUT2D eigenvalue weighted by molar-refractivity contribution is 7.89. The molecule has 3 aromatic rings. The molecule has 1 aromatic heterocycles. The second kappa shape index (κ2) is 8.92. The van der Waals surface area contributed by atoms with E-state index in [1.165, 1.54) is 0 Å². The fourth-order valence-electron chi connectivity index (χ4n) is 3.91. The number of rotatable bonds is 6. The van der Waals surface area contributed by atoms with Crippen LogP contribution in [-0.4, -0.2) is 37.0 Å². The first-order valence-electron chi connectivity index (χ1n) is 10.5. The molecule has 1 unspecified atom stereocenters. The maximum absolute atomic E-state index is 13.4. The van der Waals surface area contributed by atoms with Gasteiger partial charge in [0.1, 0.15) is 0 Å². The first-order valence-corrected chi connectivity index (χ1v) is 11.9. The number of pyridine rings is 1. The highest BCUT2D eigenvalue weighted by atomic mass is 32.2. The van der Waals surface area contributed by atoms with Gasteiger partial charge in [-0.2, -0.15) is 17.5 Å². The van der Waals surface area contributed by atoms with E-state index in [0.717, 1.165) is 39.9 Å². The Balaban J connectivity index is 1.74. The Morgan fingerprint density at radius 1 is 1.15 bits per heavy atom. The molecule has 10 heteroatoms. The van der Waals surface area contributed by atoms with Gasteiger partial charge in [0.2, 0.25) is 10.0 Å². The number of benzene rings is 2. The SMILES string of the molecule is Cc1ccc2cc(CN(CC3CCCO3)S(=O)(=O)c3cccc(C(F)(F)F)c3)c(=O)[nH]c2c1. The summed E-state index contributed by atoms with van der Waals surface area (Å²) in [6, 6.07) is 10.7. The monoisotopic (exact) mass is 480 g/mol. The van der Waals surface area contributed by atoms with Crippen molar-refractivity contribution in [2.45, 2.75) is 43.5 Å². The standard InChI is InChI=1S/C23H23F3N2O4S/c1-15-7-8-16-11-17(22(29)27-21(16)10-15)13-28(14-19-5-3-9-32-19)33(30,31)20-6-2-4-18(12-20)23(24,25)26/h2,4,6-8,10-12,19H,3,5,9,13-14H2,1H3,(H,27,29). The minimum atomic E-state index is -4.68. The number of alkyl halides is 3. The summed E-state index contributed by atoms with van der Waals surface area (Å²) < 4.78 is 73.0. The van der Waals surface area contributed by atoms with Crippen LogP contribution in [0.3, 0.4) is 0 Å². The third-order valence-electron chi connectivity index (χ3n) is 5.66. The average molecular weight is 481 g/mol. The highest BCUT2D eigenvalue weighted by Crippen LogP contribution is 2.31. The molecule has 176 valence electrons. The number of nitrogens with one attached hydrogen (secondary N) is 1. The van der Waals surface area contributed by atoms with Gasteiger partial charge >= 0.3 is 6.18 Å². The van der Waals surface area contributed by atoms with Gasteiger partial charge in [0.05, 0.1) is 16.6 Å². The molecule has 1 saturated heterocycles. The lowest BCUT2D eigenvalue weighted by Crippen LogP contribution is -2.38. The maximum atomic E-state index is 13.4. The van der Waals surface area contributed by atoms with Crippen LogP contribution in [0.2, 0.25) is 0 Å². The van der Waals surface area contributed by atoms with Crippen LogP contribution in [-0.2, 0) is 27.5 Å². The van der Waals surface area contributed by atoms with Crippen molar-refractivity contribution < 1.29 is 26.3 Å². The number of hydrogen-bond acceptors (Lipinski definition) is 4. The van der Waals surface area contributed by atoms with E-state index < -0.39 is 38.3 Å². The number of aromatic nitrogens is 1. The lowest BCUT2D eigenvalue weighted by molar-refractivity contribution is -0.137. The number of halogens is 3. The largest absolute Gasteiger partial charge is 0.416 e. The van der Waals surface area contributed by atoms with Crippen molar-refractivity contribution in [3.63, 3.8) is 0 Å². The molecular weight excluding hydrogens is 457 g/mol. The third kappa shape index (κ3) is 5.13. The molecule has 1 atom stereocenters. The van der Waals surface area contributed by atoms with Crippen LogP contribution in [0.5, 0.6) is 0 Å². The first kappa shape index (κ1) is 23.5. The van der Waals surface area contributed by atoms with Crippen LogP contribution in [0.15, 0.2) is 58.2 Å². The summed E-state index contributed by atoms with van der Waals surface area (Å²) in [7, 11) is -4.35. The maximum Gasteiger partial charge on any atom is 0.416 e. The van der Waals surface area contributed by atoms with Gasteiger partial charge in [0.15, 0.2) is 0 Å². The van der Waals surface area contributed by atoms with Crippen molar-refractivity contribution in [2.75, 3.05) is 13.2 Å². The Morgan fingerprint density at radius 2 is 1.94 bits per heavy atom. The van der Waals surface area contributed by atoms with Gasteiger partial charge in [-0.25, -0.2) is 8.42 Å². The number of hydrogen-bond donors (Lipinski definition) is 1. The van der Waals surface area contributed by atoms with Gasteiger partial charge in [-0.15, -0.1) is 0 Å². The minimum Gasteiger partial charge on any atom is -0.377 e. The third-order valence-corrected chi connectivity index (χ3v) is 7.46. The molecule has 1 N–H and O–H groups in total. The molecule has 33 heavy (non-hydrogen) atoms. The van der Waals surface area contributed by atoms with Crippen LogP contribution in [0, 0.1) is 6.92 Å². The molecule has 4 rings (SSSR count). The van der Waals surface area contributed by atoms with Crippen molar-refractivity contribution in [3.05, 3.63) is 75.6 Å². The Morgan fingerprint density at radius 3 is 2.64 bits per heavy atom. The highest BCUT2D eigenvalue weighted by Gasteiger charge is 2.34. The fraction of sp³-hybridized carbons (Fsp3) is 0.348. The summed E-state index contributed by atoms with van der Waals surface area (Å²) in [5, 5.41) is 0.726. The van der Waals surface area contributed by atoms with Crippen LogP contribution in [0.4, 0.5) is 13.2 Å². The summed E-state index contributed by atoms with van der Waals surface area (Å²) in [6.45, 7) is 2.01. The zero-order valence-electron chi connectivity index (χ0n) is 17.9. The molecule has 1 aliphatic heterocycles. The van der Waals surface area contributed by atoms with E-state index in [1.54, 1.807) is 6.07 Å². The molecule has 0 spiro atoms. The number of aryl methyl sites for hydroxylation is 1. The number of aromatic amines is 1. The molecule has 0 saturated carbocycles. The smallest absolute Gasteiger partial charge is 0.377 e. The van der Waals surface area contributed by atoms with Crippen molar-refractivity contribution in [1.29, 1.82) is 0 Å². The molecule has 1 fully saturated rings. The van der Waals surface area contributed by atoms with Crippen molar-refractivity contribution in [1.82, 2.24) is 9.29 Å². The van der Waals surface area contributed by atoms with E-state index in [9.17, 15) is 26.4 Å². The fourth-order valence-corrected chi connectivity index (χ4v) is 5.41. The van der Waals surface area contributed by atoms with Crippen molar-refractivity contribution >= 4 is 20.9 Å². The summed E-state index contributed by atoms with van der Waals surface area (Å²) >= 11 is 0. The van der Waals surface area contributed by atoms with E-state index in [2.05, 4.69) is 4.98 Å². The second-order valence-electron chi connectivity index (χ2n) is 8.17. The van der Waals surface area contributed by atoms with E-state index in [1.807, 2.05) is 25.1 Å². The summed E-state index contributed by atoms with van der Waals surface area (Å²) in [4.78, 5) is 15.0.